The molecule has 1 aliphatic heterocycles. The predicted octanol–water partition coefficient (Wildman–Crippen LogP) is 1.41. The van der Waals surface area contributed by atoms with Crippen LogP contribution in [0.2, 0.25) is 0 Å². The van der Waals surface area contributed by atoms with Gasteiger partial charge in [0.25, 0.3) is 0 Å². The molecule has 0 aliphatic carbocycles. The molecule has 0 aromatic carbocycles. The molecule has 0 saturated heterocycles. The van der Waals surface area contributed by atoms with E-state index in [0.717, 1.165) is 5.57 Å². The number of likely N-dealkylation sites (N-methyl/N-ethyl adjacent to an activating group) is 1. The van der Waals surface area contributed by atoms with E-state index in [-0.39, 0.29) is 16.7 Å². The largest absolute Gasteiger partial charge is 0.193 e. The van der Waals surface area contributed by atoms with Crippen LogP contribution >= 0.6 is 0 Å². The van der Waals surface area contributed by atoms with Crippen LogP contribution in [-0.2, 0) is 5.21 Å². The number of nitriles is 1. The summed E-state index contributed by atoms with van der Waals surface area (Å²) in [6.07, 6.45) is 0. The van der Waals surface area contributed by atoms with Crippen molar-refractivity contribution in [2.75, 3.05) is 7.05 Å². The van der Waals surface area contributed by atoms with Crippen molar-refractivity contribution in [2.45, 2.75) is 32.9 Å². The fourth-order valence-corrected chi connectivity index (χ4v) is 1.71. The lowest BCUT2D eigenvalue weighted by atomic mass is 10.1. The zero-order valence-electron chi connectivity index (χ0n) is 7.96. The van der Waals surface area contributed by atoms with E-state index in [1.807, 2.05) is 20.8 Å². The lowest BCUT2D eigenvalue weighted by Gasteiger charge is -2.26. The first-order valence-corrected chi connectivity index (χ1v) is 4.10. The zero-order valence-corrected chi connectivity index (χ0v) is 7.96. The standard InChI is InChI=1S/C9H14N2O/c1-6-7(2)11(4,12)8(3)9(6)5-10/h7-8H,1-4H3/q+1. The van der Waals surface area contributed by atoms with Gasteiger partial charge in [0.05, 0.1) is 5.57 Å². The molecule has 0 N–H and O–H groups in total. The maximum absolute atomic E-state index is 11.9. The van der Waals surface area contributed by atoms with Gasteiger partial charge in [-0.15, -0.1) is 4.65 Å². The van der Waals surface area contributed by atoms with Crippen molar-refractivity contribution >= 4 is 0 Å². The highest BCUT2D eigenvalue weighted by Crippen LogP contribution is 2.33. The monoisotopic (exact) mass is 166 g/mol. The SMILES string of the molecule is CC1=C(C#N)C(C)[N+](C)([O])C1C. The second kappa shape index (κ2) is 2.58. The van der Waals surface area contributed by atoms with Crippen LogP contribution in [0, 0.1) is 11.3 Å². The number of rotatable bonds is 0. The second-order valence-corrected chi connectivity index (χ2v) is 3.62. The van der Waals surface area contributed by atoms with Crippen LogP contribution in [0.15, 0.2) is 11.1 Å². The van der Waals surface area contributed by atoms with Crippen LogP contribution in [0.1, 0.15) is 20.8 Å². The topological polar surface area (TPSA) is 43.7 Å². The van der Waals surface area contributed by atoms with Crippen molar-refractivity contribution < 1.29 is 9.85 Å². The van der Waals surface area contributed by atoms with Gasteiger partial charge in [-0.1, -0.05) is 0 Å². The Kier molecular flexibility index (Phi) is 1.99. The van der Waals surface area contributed by atoms with Crippen molar-refractivity contribution in [1.82, 2.24) is 0 Å². The maximum atomic E-state index is 11.9. The van der Waals surface area contributed by atoms with Crippen molar-refractivity contribution in [1.29, 1.82) is 5.26 Å². The molecular weight excluding hydrogens is 152 g/mol. The molecule has 0 bridgehead atoms. The van der Waals surface area contributed by atoms with E-state index >= 15 is 0 Å². The number of nitrogens with zero attached hydrogens (tertiary/aromatic N) is 2. The van der Waals surface area contributed by atoms with Gasteiger partial charge in [-0.05, 0) is 20.8 Å². The van der Waals surface area contributed by atoms with Crippen LogP contribution in [0.5, 0.6) is 0 Å². The minimum Gasteiger partial charge on any atom is -0.193 e. The average Bonchev–Trinajstić information content (AvgIpc) is 2.15. The molecule has 1 rings (SSSR count). The normalized spacial score (nSPS) is 41.7. The fraction of sp³-hybridized carbons (Fsp3) is 0.667. The Hall–Kier alpha value is -0.850. The molecule has 3 heteroatoms. The van der Waals surface area contributed by atoms with Crippen LogP contribution < -0.4 is 0 Å². The van der Waals surface area contributed by atoms with E-state index in [1.165, 1.54) is 0 Å². The Morgan fingerprint density at radius 3 is 2.08 bits per heavy atom. The minimum absolute atomic E-state index is 0.0744. The molecule has 0 fully saturated rings. The lowest BCUT2D eigenvalue weighted by Crippen LogP contribution is -2.48. The van der Waals surface area contributed by atoms with Crippen molar-refractivity contribution in [3.63, 3.8) is 0 Å². The van der Waals surface area contributed by atoms with E-state index in [4.69, 9.17) is 5.26 Å². The highest BCUT2D eigenvalue weighted by atomic mass is 16.5. The number of hydroxylamine groups is 3. The van der Waals surface area contributed by atoms with Gasteiger partial charge in [0.1, 0.15) is 19.2 Å². The first-order valence-electron chi connectivity index (χ1n) is 4.10. The molecule has 0 amide bonds. The van der Waals surface area contributed by atoms with Gasteiger partial charge in [-0.2, -0.15) is 5.26 Å². The third-order valence-electron chi connectivity index (χ3n) is 3.13. The van der Waals surface area contributed by atoms with Gasteiger partial charge in [0, 0.05) is 10.8 Å². The Morgan fingerprint density at radius 1 is 1.42 bits per heavy atom. The molecule has 0 saturated carbocycles. The quantitative estimate of drug-likeness (QED) is 0.502. The van der Waals surface area contributed by atoms with Gasteiger partial charge < -0.3 is 0 Å². The van der Waals surface area contributed by atoms with Crippen molar-refractivity contribution in [3.05, 3.63) is 11.1 Å². The van der Waals surface area contributed by atoms with Crippen LogP contribution in [0.4, 0.5) is 0 Å². The summed E-state index contributed by atoms with van der Waals surface area (Å²) in [6, 6.07) is 1.84. The third kappa shape index (κ3) is 0.961. The molecule has 0 spiro atoms. The summed E-state index contributed by atoms with van der Waals surface area (Å²) in [5.41, 5.74) is 1.61. The van der Waals surface area contributed by atoms with Crippen LogP contribution in [-0.4, -0.2) is 23.8 Å². The molecule has 3 nitrogen and oxygen atoms in total. The van der Waals surface area contributed by atoms with E-state index in [2.05, 4.69) is 6.07 Å². The van der Waals surface area contributed by atoms with Crippen molar-refractivity contribution in [2.24, 2.45) is 0 Å². The zero-order chi connectivity index (χ0) is 9.52. The number of quaternary nitrogens is 1. The lowest BCUT2D eigenvalue weighted by molar-refractivity contribution is -1.13. The third-order valence-corrected chi connectivity index (χ3v) is 3.13. The Labute approximate surface area is 73.1 Å². The van der Waals surface area contributed by atoms with Gasteiger partial charge in [0.15, 0.2) is 6.04 Å². The molecular formula is C9H14N2O+. The van der Waals surface area contributed by atoms with E-state index in [0.29, 0.717) is 5.57 Å². The molecule has 0 aromatic rings. The van der Waals surface area contributed by atoms with Crippen LogP contribution in [0.3, 0.4) is 0 Å². The molecule has 3 atom stereocenters. The summed E-state index contributed by atoms with van der Waals surface area (Å²) in [5, 5.41) is 20.7. The van der Waals surface area contributed by atoms with Crippen molar-refractivity contribution in [3.8, 4) is 6.07 Å². The first kappa shape index (κ1) is 9.24. The molecule has 65 valence electrons. The number of hydrogen-bond acceptors (Lipinski definition) is 1. The van der Waals surface area contributed by atoms with Gasteiger partial charge >= 0.3 is 0 Å². The molecule has 1 heterocycles. The molecule has 1 radical (unpaired) electrons. The predicted molar refractivity (Wildman–Crippen MR) is 44.1 cm³/mol. The Morgan fingerprint density at radius 2 is 1.92 bits per heavy atom. The van der Waals surface area contributed by atoms with Gasteiger partial charge in [-0.25, -0.2) is 0 Å². The smallest absolute Gasteiger partial charge is 0.155 e. The molecule has 0 aromatic heterocycles. The first-order chi connectivity index (χ1) is 5.42. The minimum atomic E-state index is -0.339. The van der Waals surface area contributed by atoms with Gasteiger partial charge in [0.2, 0.25) is 0 Å². The highest BCUT2D eigenvalue weighted by molar-refractivity contribution is 5.34. The van der Waals surface area contributed by atoms with E-state index in [9.17, 15) is 5.21 Å². The molecule has 1 aliphatic rings. The Bertz CT molecular complexity index is 273. The summed E-state index contributed by atoms with van der Waals surface area (Å²) < 4.78 is -0.339. The van der Waals surface area contributed by atoms with E-state index in [1.54, 1.807) is 7.05 Å². The average molecular weight is 166 g/mol. The summed E-state index contributed by atoms with van der Waals surface area (Å²) in [5.74, 6) is 0. The van der Waals surface area contributed by atoms with Crippen LogP contribution in [0.25, 0.3) is 0 Å². The Balaban J connectivity index is 3.13. The summed E-state index contributed by atoms with van der Waals surface area (Å²) in [4.78, 5) is 0. The summed E-state index contributed by atoms with van der Waals surface area (Å²) in [7, 11) is 1.63. The van der Waals surface area contributed by atoms with E-state index < -0.39 is 0 Å². The molecule has 12 heavy (non-hydrogen) atoms. The fourth-order valence-electron chi connectivity index (χ4n) is 1.71. The maximum Gasteiger partial charge on any atom is 0.155 e. The second-order valence-electron chi connectivity index (χ2n) is 3.62. The summed E-state index contributed by atoms with van der Waals surface area (Å²) in [6.45, 7) is 5.57. The summed E-state index contributed by atoms with van der Waals surface area (Å²) >= 11 is 0. The highest BCUT2D eigenvalue weighted by Gasteiger charge is 2.47. The van der Waals surface area contributed by atoms with Gasteiger partial charge in [-0.3, -0.25) is 0 Å². The number of hydrogen-bond donors (Lipinski definition) is 0. The molecule has 3 unspecified atom stereocenters.